The van der Waals surface area contributed by atoms with Crippen LogP contribution in [0, 0.1) is 6.08 Å². The number of rotatable bonds is 3. The van der Waals surface area contributed by atoms with Gasteiger partial charge in [-0.05, 0) is 6.42 Å². The van der Waals surface area contributed by atoms with Crippen molar-refractivity contribution in [1.82, 2.24) is 15.2 Å². The third-order valence-corrected chi connectivity index (χ3v) is 3.64. The van der Waals surface area contributed by atoms with Gasteiger partial charge in [-0.15, -0.1) is 0 Å². The molecule has 1 aromatic rings. The first-order chi connectivity index (χ1) is 10.2. The molecule has 0 spiro atoms. The largest absolute Gasteiger partial charge is 0.337 e. The number of quaternary nitrogens is 1. The Bertz CT molecular complexity index is 582. The average molecular weight is 360 g/mol. The minimum absolute atomic E-state index is 0.750. The van der Waals surface area contributed by atoms with Gasteiger partial charge >= 0.3 is 21.8 Å². The van der Waals surface area contributed by atoms with Gasteiger partial charge in [0.25, 0.3) is 0 Å². The maximum absolute atomic E-state index is 11.8. The van der Waals surface area contributed by atoms with Crippen LogP contribution in [0.15, 0.2) is 5.16 Å². The molecule has 0 saturated carbocycles. The van der Waals surface area contributed by atoms with Gasteiger partial charge in [0.05, 0.1) is 26.7 Å². The van der Waals surface area contributed by atoms with Gasteiger partial charge < -0.3 is 19.7 Å². The summed E-state index contributed by atoms with van der Waals surface area (Å²) < 4.78 is 61.1. The van der Waals surface area contributed by atoms with Crippen LogP contribution in [0.3, 0.4) is 0 Å². The molecule has 1 aromatic heterocycles. The van der Waals surface area contributed by atoms with E-state index in [0.29, 0.717) is 0 Å². The Labute approximate surface area is 131 Å². The minimum Gasteiger partial charge on any atom is -0.334 e. The quantitative estimate of drug-likeness (QED) is 0.559. The third kappa shape index (κ3) is 8.24. The first-order valence-electron chi connectivity index (χ1n) is 6.41. The molecule has 128 valence electrons. The first kappa shape index (κ1) is 20.7. The van der Waals surface area contributed by atoms with Gasteiger partial charge in [0.2, 0.25) is 0 Å². The van der Waals surface area contributed by atoms with Crippen molar-refractivity contribution in [3.63, 3.8) is 0 Å². The van der Waals surface area contributed by atoms with Crippen LogP contribution in [0.1, 0.15) is 26.2 Å². The normalized spacial score (nSPS) is 16.0. The van der Waals surface area contributed by atoms with Crippen LogP contribution in [-0.4, -0.2) is 58.2 Å². The van der Waals surface area contributed by atoms with Crippen molar-refractivity contribution < 1.29 is 29.6 Å². The topological polar surface area (TPSA) is 108 Å². The average Bonchev–Trinajstić information content (AvgIpc) is 3.00. The van der Waals surface area contributed by atoms with Crippen molar-refractivity contribution in [2.75, 3.05) is 26.7 Å². The molecular weight excluding hydrogens is 342 g/mol. The molecule has 0 aromatic carbocycles. The number of hydrogen-bond donors (Lipinski definition) is 0. The zero-order chi connectivity index (χ0) is 17.2. The second-order valence-electron chi connectivity index (χ2n) is 4.87. The summed E-state index contributed by atoms with van der Waals surface area (Å²) in [6.07, 6.45) is 2.89. The zero-order valence-electron chi connectivity index (χ0n) is 12.2. The molecule has 0 radical (unpaired) electrons. The Morgan fingerprint density at radius 3 is 2.05 bits per heavy atom. The predicted octanol–water partition coefficient (Wildman–Crippen LogP) is 0.198. The van der Waals surface area contributed by atoms with Gasteiger partial charge in [-0.25, -0.2) is 0 Å². The van der Waals surface area contributed by atoms with Crippen molar-refractivity contribution in [2.45, 2.75) is 31.3 Å². The van der Waals surface area contributed by atoms with E-state index in [0.717, 1.165) is 0 Å². The van der Waals surface area contributed by atoms with E-state index in [4.69, 9.17) is 8.42 Å². The van der Waals surface area contributed by atoms with E-state index in [2.05, 4.69) is 29.2 Å². The molecule has 1 saturated heterocycles. The van der Waals surface area contributed by atoms with Gasteiger partial charge in [0, 0.05) is 12.8 Å². The molecule has 0 unspecified atom stereocenters. The molecule has 1 aliphatic rings. The molecule has 0 aliphatic carbocycles. The summed E-state index contributed by atoms with van der Waals surface area (Å²) in [7, 11) is -2.62. The highest BCUT2D eigenvalue weighted by atomic mass is 32.3. The second-order valence-corrected chi connectivity index (χ2v) is 6.24. The second kappa shape index (κ2) is 9.69. The fourth-order valence-corrected chi connectivity index (χ4v) is 2.50. The fourth-order valence-electron chi connectivity index (χ4n) is 2.17. The van der Waals surface area contributed by atoms with Crippen molar-refractivity contribution in [3.05, 3.63) is 6.08 Å². The monoisotopic (exact) mass is 360 g/mol. The minimum atomic E-state index is -5.01. The highest BCUT2D eigenvalue weighted by molar-refractivity contribution is 7.86. The molecule has 22 heavy (non-hydrogen) atoms. The van der Waals surface area contributed by atoms with Gasteiger partial charge in [-0.1, -0.05) is 10.8 Å². The van der Waals surface area contributed by atoms with Crippen LogP contribution in [0.5, 0.6) is 0 Å². The molecule has 0 bridgehead atoms. The van der Waals surface area contributed by atoms with Gasteiger partial charge in [-0.2, -0.15) is 21.2 Å². The molecule has 0 N–H and O–H groups in total. The summed E-state index contributed by atoms with van der Waals surface area (Å²) in [6.45, 7) is 6.52. The predicted molar refractivity (Wildman–Crippen MR) is 72.8 cm³/mol. The zero-order valence-corrected chi connectivity index (χ0v) is 13.9. The Morgan fingerprint density at radius 2 is 1.77 bits per heavy atom. The summed E-state index contributed by atoms with van der Waals surface area (Å²) in [5.41, 5.74) is 0. The molecule has 8 nitrogen and oxygen atoms in total. The Kier molecular flexibility index (Phi) is 9.13. The van der Waals surface area contributed by atoms with Crippen molar-refractivity contribution in [2.24, 2.45) is 0 Å². The van der Waals surface area contributed by atoms with E-state index in [1.54, 1.807) is 0 Å². The standard InChI is InChI=1S/C8H18N.C2F2N3O2S.O2S/c1-3-6-9(2)7-4-5-8-9;3-1-5-2(7-6-1)10(4,8)9;1-3-2/h3-8H2,1-2H3;;/q+1;-1;. The summed E-state index contributed by atoms with van der Waals surface area (Å²) in [5, 5.41) is 3.88. The van der Waals surface area contributed by atoms with Gasteiger partial charge in [0.15, 0.2) is 6.08 Å². The molecule has 0 atom stereocenters. The van der Waals surface area contributed by atoms with Crippen LogP contribution in [0.25, 0.3) is 0 Å². The lowest BCUT2D eigenvalue weighted by atomic mass is 10.4. The van der Waals surface area contributed by atoms with Crippen LogP contribution in [0.2, 0.25) is 0 Å². The highest BCUT2D eigenvalue weighted by Crippen LogP contribution is 2.15. The maximum atomic E-state index is 11.8. The van der Waals surface area contributed by atoms with Crippen molar-refractivity contribution in [1.29, 1.82) is 0 Å². The van der Waals surface area contributed by atoms with Crippen LogP contribution < -0.4 is 4.98 Å². The molecule has 2 heterocycles. The molecule has 1 fully saturated rings. The number of likely N-dealkylation sites (tertiary alicyclic amines) is 1. The lowest BCUT2D eigenvalue weighted by Gasteiger charge is -2.28. The Hall–Kier alpha value is -1.27. The lowest BCUT2D eigenvalue weighted by molar-refractivity contribution is -0.897. The number of aromatic nitrogens is 3. The maximum Gasteiger partial charge on any atom is 0.337 e. The summed E-state index contributed by atoms with van der Waals surface area (Å²) >= 11 is -0.750. The smallest absolute Gasteiger partial charge is 0.334 e. The van der Waals surface area contributed by atoms with Gasteiger partial charge in [-0.3, -0.25) is 0 Å². The Morgan fingerprint density at radius 1 is 1.27 bits per heavy atom. The highest BCUT2D eigenvalue weighted by Gasteiger charge is 2.24. The summed E-state index contributed by atoms with van der Waals surface area (Å²) in [6, 6.07) is 0. The number of halogens is 2. The van der Waals surface area contributed by atoms with Crippen LogP contribution >= 0.6 is 0 Å². The summed E-state index contributed by atoms with van der Waals surface area (Å²) in [5.74, 6) is 0. The first-order valence-corrected chi connectivity index (χ1v) is 8.46. The molecule has 0 amide bonds. The fraction of sp³-hybridized carbons (Fsp3) is 0.800. The van der Waals surface area contributed by atoms with Crippen molar-refractivity contribution in [3.8, 4) is 0 Å². The molecule has 2 rings (SSSR count). The lowest BCUT2D eigenvalue weighted by Crippen LogP contribution is -2.41. The SMILES string of the molecule is CCC[N+]1(C)CCCC1.O=S(=O)(F)c1nnc(F)[n-]1.O=S=O. The van der Waals surface area contributed by atoms with E-state index in [1.807, 2.05) is 0 Å². The Balaban J connectivity index is 0.000000342. The van der Waals surface area contributed by atoms with Crippen LogP contribution in [0.4, 0.5) is 8.28 Å². The molecule has 1 aliphatic heterocycles. The van der Waals surface area contributed by atoms with Crippen molar-refractivity contribution >= 4 is 21.8 Å². The summed E-state index contributed by atoms with van der Waals surface area (Å²) in [4.78, 5) is 2.53. The number of hydrogen-bond acceptors (Lipinski definition) is 6. The van der Waals surface area contributed by atoms with E-state index in [-0.39, 0.29) is 0 Å². The number of nitrogens with zero attached hydrogens (tertiary/aromatic N) is 4. The molecular formula is C10H18F2N4O4S2. The van der Waals surface area contributed by atoms with E-state index in [9.17, 15) is 16.7 Å². The van der Waals surface area contributed by atoms with E-state index >= 15 is 0 Å². The molecule has 12 heteroatoms. The van der Waals surface area contributed by atoms with Gasteiger partial charge in [0.1, 0.15) is 5.16 Å². The van der Waals surface area contributed by atoms with Crippen LogP contribution in [-0.2, 0) is 21.8 Å². The van der Waals surface area contributed by atoms with E-state index < -0.39 is 33.0 Å². The van der Waals surface area contributed by atoms with E-state index in [1.165, 1.54) is 43.4 Å². The third-order valence-electron chi connectivity index (χ3n) is 3.03.